The second-order valence-corrected chi connectivity index (χ2v) is 17.4. The fraction of sp³-hybridized carbons (Fsp3) is 0.125. The van der Waals surface area contributed by atoms with Crippen LogP contribution in [0.3, 0.4) is 0 Å². The third-order valence-electron chi connectivity index (χ3n) is 13.3. The number of aromatic hydroxyl groups is 18. The number of carbonyl (C=O) groups is 6. The first-order chi connectivity index (χ1) is 36.6. The smallest absolute Gasteiger partial charge is 0.340 e. The van der Waals surface area contributed by atoms with Gasteiger partial charge < -0.3 is 121 Å². The molecule has 0 amide bonds. The number of carboxylic acid groups (broad SMARTS) is 1. The summed E-state index contributed by atoms with van der Waals surface area (Å²) in [6.07, 6.45) is -11.9. The molecule has 6 aromatic rings. The van der Waals surface area contributed by atoms with E-state index in [1.165, 1.54) is 0 Å². The van der Waals surface area contributed by atoms with Crippen molar-refractivity contribution in [2.45, 2.75) is 30.3 Å². The molecule has 0 spiro atoms. The Morgan fingerprint density at radius 2 is 0.705 bits per heavy atom. The molecule has 0 aromatic heterocycles. The van der Waals surface area contributed by atoms with Crippen molar-refractivity contribution in [3.05, 3.63) is 68.8 Å². The number of hydrogen-bond donors (Lipinski definition) is 19. The van der Waals surface area contributed by atoms with E-state index in [1.54, 1.807) is 0 Å². The highest BCUT2D eigenvalue weighted by Gasteiger charge is 2.57. The molecule has 6 aromatic carbocycles. The first-order valence-corrected chi connectivity index (χ1v) is 21.6. The Morgan fingerprint density at radius 3 is 1.22 bits per heavy atom. The fourth-order valence-corrected chi connectivity index (χ4v) is 9.87. The molecular formula is C48H30O30. The van der Waals surface area contributed by atoms with E-state index in [1.807, 2.05) is 0 Å². The molecule has 0 radical (unpaired) electrons. The monoisotopic (exact) mass is 1090 g/mol. The quantitative estimate of drug-likeness (QED) is 0.0671. The van der Waals surface area contributed by atoms with E-state index >= 15 is 9.59 Å². The summed E-state index contributed by atoms with van der Waals surface area (Å²) in [6.45, 7) is -1.68. The number of ether oxygens (including phenoxy) is 5. The lowest BCUT2D eigenvalue weighted by atomic mass is 9.73. The van der Waals surface area contributed by atoms with E-state index in [9.17, 15) is 116 Å². The molecule has 5 aliphatic rings. The van der Waals surface area contributed by atoms with Gasteiger partial charge in [0, 0.05) is 44.5 Å². The number of rotatable bonds is 2. The van der Waals surface area contributed by atoms with E-state index in [0.717, 1.165) is 0 Å². The minimum absolute atomic E-state index is 0.251. The van der Waals surface area contributed by atoms with E-state index in [0.29, 0.717) is 6.07 Å². The Morgan fingerprint density at radius 1 is 0.346 bits per heavy atom. The van der Waals surface area contributed by atoms with Crippen molar-refractivity contribution in [3.63, 3.8) is 0 Å². The minimum atomic E-state index is -3.10. The number of carbonyl (C=O) groups excluding carboxylic acids is 5. The van der Waals surface area contributed by atoms with Gasteiger partial charge in [-0.1, -0.05) is 0 Å². The molecule has 5 aliphatic heterocycles. The molecule has 1 unspecified atom stereocenters. The van der Waals surface area contributed by atoms with Gasteiger partial charge in [0.05, 0.1) is 39.3 Å². The molecule has 19 N–H and O–H groups in total. The van der Waals surface area contributed by atoms with Gasteiger partial charge in [0.2, 0.25) is 34.5 Å². The van der Waals surface area contributed by atoms with Crippen LogP contribution in [-0.2, 0) is 23.7 Å². The Kier molecular flexibility index (Phi) is 10.8. The number of phenols is 18. The average molecular weight is 1090 g/mol. The molecule has 30 nitrogen and oxygen atoms in total. The van der Waals surface area contributed by atoms with Crippen molar-refractivity contribution in [1.29, 1.82) is 0 Å². The number of benzene rings is 6. The maximum atomic E-state index is 15.5. The van der Waals surface area contributed by atoms with Crippen LogP contribution >= 0.6 is 0 Å². The number of fused-ring (bicyclic) bond motifs is 7. The van der Waals surface area contributed by atoms with Crippen LogP contribution in [0.25, 0.3) is 33.4 Å². The number of hydrogen-bond acceptors (Lipinski definition) is 29. The number of aromatic carboxylic acids is 1. The second-order valence-electron chi connectivity index (χ2n) is 17.4. The van der Waals surface area contributed by atoms with Gasteiger partial charge in [0.15, 0.2) is 93.4 Å². The van der Waals surface area contributed by atoms with Crippen LogP contribution < -0.4 is 0 Å². The van der Waals surface area contributed by atoms with Crippen LogP contribution in [0.2, 0.25) is 0 Å². The number of phenolic OH excluding ortho intramolecular Hbond substituents is 18. The summed E-state index contributed by atoms with van der Waals surface area (Å²) in [4.78, 5) is 87.8. The van der Waals surface area contributed by atoms with Crippen molar-refractivity contribution in [1.82, 2.24) is 0 Å². The standard InChI is InChI=1S/C48H30O30/c49-10-1-6(43(67)68)15(30(57)26(10)53)23-22-25-21(36(63)39(66)37(22)64)20-24-19(34(61)38(65)35(20)62)18-9(4-13(52)29(56)33(18)60)45(70)75-14-5-74-44(69)7-2-11(50)27(54)31(58)16(7)17-8(3-12(51)28(55)32(17)59)46(71)76-40(14)42(78-48(24)73)41(23)77-47(25)72/h1-4,14,23,40-42,49-66H,5H2,(H,67,68)/t14-,23-,40+,41-,42?/m0/s1. The molecule has 5 atom stereocenters. The van der Waals surface area contributed by atoms with Gasteiger partial charge in [0.1, 0.15) is 6.61 Å². The Labute approximate surface area is 427 Å². The van der Waals surface area contributed by atoms with Gasteiger partial charge in [0.25, 0.3) is 0 Å². The molecule has 0 aliphatic carbocycles. The van der Waals surface area contributed by atoms with Crippen LogP contribution in [0.15, 0.2) is 24.3 Å². The average Bonchev–Trinajstić information content (AvgIpc) is 3.46. The summed E-state index contributed by atoms with van der Waals surface area (Å²) in [5.74, 6) is -44.2. The highest BCUT2D eigenvalue weighted by Crippen LogP contribution is 2.64. The molecule has 0 fully saturated rings. The Balaban J connectivity index is 1.42. The zero-order valence-corrected chi connectivity index (χ0v) is 37.9. The molecule has 402 valence electrons. The highest BCUT2D eigenvalue weighted by atomic mass is 16.6. The van der Waals surface area contributed by atoms with E-state index in [4.69, 9.17) is 23.7 Å². The SMILES string of the molecule is O=C1OC[C@@H]2OC(=O)c3cc(O)c(O)c(O)c3-c3c(O)c(O)c(O)c4c3C(=O)OC([C@H]3OC(=O)c5c-4c(O)c(O)c(O)c5[C@@H]3c3c(C(=O)O)cc(O)c(O)c3O)[C@@H]2OC(=O)c2cc(O)c(O)c(O)c2-c2c1cc(O)c(O)c2O. The third kappa shape index (κ3) is 6.68. The lowest BCUT2D eigenvalue weighted by Gasteiger charge is -2.43. The molecule has 11 rings (SSSR count). The van der Waals surface area contributed by atoms with Crippen molar-refractivity contribution >= 4 is 35.8 Å². The first-order valence-electron chi connectivity index (χ1n) is 21.6. The molecule has 5 heterocycles. The van der Waals surface area contributed by atoms with Crippen molar-refractivity contribution in [3.8, 4) is 137 Å². The van der Waals surface area contributed by atoms with Crippen molar-refractivity contribution in [2.24, 2.45) is 0 Å². The van der Waals surface area contributed by atoms with Crippen LogP contribution in [0.5, 0.6) is 103 Å². The molecular weight excluding hydrogens is 1060 g/mol. The summed E-state index contributed by atoms with van der Waals surface area (Å²) in [6, 6.07) is 1.11. The van der Waals surface area contributed by atoms with E-state index < -0.39 is 254 Å². The fourth-order valence-electron chi connectivity index (χ4n) is 9.87. The maximum Gasteiger partial charge on any atom is 0.340 e. The Hall–Kier alpha value is -11.5. The third-order valence-corrected chi connectivity index (χ3v) is 13.3. The van der Waals surface area contributed by atoms with Crippen molar-refractivity contribution in [2.75, 3.05) is 6.61 Å². The van der Waals surface area contributed by atoms with Crippen LogP contribution in [0, 0.1) is 0 Å². The van der Waals surface area contributed by atoms with Gasteiger partial charge >= 0.3 is 35.8 Å². The molecule has 0 saturated heterocycles. The van der Waals surface area contributed by atoms with Gasteiger partial charge in [-0.15, -0.1) is 0 Å². The van der Waals surface area contributed by atoms with Gasteiger partial charge in [-0.05, 0) is 24.3 Å². The lowest BCUT2D eigenvalue weighted by Crippen LogP contribution is -2.56. The predicted molar refractivity (Wildman–Crippen MR) is 241 cm³/mol. The van der Waals surface area contributed by atoms with Gasteiger partial charge in [-0.2, -0.15) is 0 Å². The van der Waals surface area contributed by atoms with Crippen LogP contribution in [0.4, 0.5) is 0 Å². The van der Waals surface area contributed by atoms with Crippen LogP contribution in [0.1, 0.15) is 79.2 Å². The number of carboxylic acids is 1. The summed E-state index contributed by atoms with van der Waals surface area (Å²) in [5, 5.41) is 212. The first kappa shape index (κ1) is 50.1. The topological polar surface area (TPSA) is 533 Å². The zero-order valence-electron chi connectivity index (χ0n) is 37.9. The van der Waals surface area contributed by atoms with Gasteiger partial charge in [-0.3, -0.25) is 0 Å². The van der Waals surface area contributed by atoms with E-state index in [-0.39, 0.29) is 18.2 Å². The summed E-state index contributed by atoms with van der Waals surface area (Å²) >= 11 is 0. The molecule has 30 heteroatoms. The second kappa shape index (κ2) is 16.8. The zero-order chi connectivity index (χ0) is 56.9. The number of esters is 5. The summed E-state index contributed by atoms with van der Waals surface area (Å²) in [5.41, 5.74) is -19.3. The molecule has 78 heavy (non-hydrogen) atoms. The normalized spacial score (nSPS) is 19.2. The summed E-state index contributed by atoms with van der Waals surface area (Å²) < 4.78 is 28.6. The number of cyclic esters (lactones) is 1. The lowest BCUT2D eigenvalue weighted by molar-refractivity contribution is -0.135. The Bertz CT molecular complexity index is 3860. The van der Waals surface area contributed by atoms with E-state index in [2.05, 4.69) is 0 Å². The molecule has 0 saturated carbocycles. The molecule has 6 bridgehead atoms. The van der Waals surface area contributed by atoms with Gasteiger partial charge in [-0.25, -0.2) is 28.8 Å². The maximum absolute atomic E-state index is 15.5. The highest BCUT2D eigenvalue weighted by molar-refractivity contribution is 6.17. The van der Waals surface area contributed by atoms with Crippen LogP contribution in [-0.4, -0.2) is 164 Å². The predicted octanol–water partition coefficient (Wildman–Crippen LogP) is 2.23. The minimum Gasteiger partial charge on any atom is -0.504 e. The largest absolute Gasteiger partial charge is 0.504 e. The van der Waals surface area contributed by atoms with Crippen molar-refractivity contribution < 1.29 is 149 Å². The summed E-state index contributed by atoms with van der Waals surface area (Å²) in [7, 11) is 0.